The number of urea groups is 1. The fraction of sp³-hybridized carbons (Fsp3) is 0.524. The SMILES string of the molecule is [2H]C([2H])([2H])N1CCC[C@H]1/C=C/S(=O)(=NC#N)NC(=O)Nc1c2c(cc3c1CCC3)CCC2. The number of nitrogens with one attached hydrogen (secondary N) is 2. The van der Waals surface area contributed by atoms with Crippen LogP contribution in [0.1, 0.15) is 52.0 Å². The maximum absolute atomic E-state index is 13.2. The third-order valence-electron chi connectivity index (χ3n) is 5.91. The van der Waals surface area contributed by atoms with Crippen molar-refractivity contribution in [3.63, 3.8) is 0 Å². The van der Waals surface area contributed by atoms with Crippen molar-refractivity contribution in [2.75, 3.05) is 18.8 Å². The minimum atomic E-state index is -3.53. The first-order chi connectivity index (χ1) is 15.2. The monoisotopic (exact) mass is 416 g/mol. The van der Waals surface area contributed by atoms with E-state index >= 15 is 0 Å². The van der Waals surface area contributed by atoms with E-state index in [2.05, 4.69) is 20.5 Å². The van der Waals surface area contributed by atoms with Gasteiger partial charge in [0.25, 0.3) is 0 Å². The maximum Gasteiger partial charge on any atom is 0.331 e. The molecule has 0 bridgehead atoms. The largest absolute Gasteiger partial charge is 0.331 e. The van der Waals surface area contributed by atoms with Crippen LogP contribution in [0.5, 0.6) is 0 Å². The normalized spacial score (nSPS) is 24.7. The van der Waals surface area contributed by atoms with Crippen LogP contribution in [0.25, 0.3) is 0 Å². The third kappa shape index (κ3) is 4.16. The van der Waals surface area contributed by atoms with Crippen molar-refractivity contribution in [3.8, 4) is 6.19 Å². The van der Waals surface area contributed by atoms with Gasteiger partial charge in [-0.05, 0) is 87.1 Å². The van der Waals surface area contributed by atoms with Gasteiger partial charge in [0, 0.05) is 21.2 Å². The van der Waals surface area contributed by atoms with Crippen LogP contribution >= 0.6 is 0 Å². The molecule has 8 heteroatoms. The number of carbonyl (C=O) groups is 1. The predicted octanol–water partition coefficient (Wildman–Crippen LogP) is 3.26. The van der Waals surface area contributed by atoms with Gasteiger partial charge in [-0.3, -0.25) is 4.90 Å². The number of hydrogen-bond acceptors (Lipinski definition) is 5. The van der Waals surface area contributed by atoms with E-state index in [4.69, 9.17) is 9.37 Å². The van der Waals surface area contributed by atoms with E-state index in [0.29, 0.717) is 19.4 Å². The van der Waals surface area contributed by atoms with E-state index in [1.165, 1.54) is 28.3 Å². The molecule has 1 aromatic carbocycles. The van der Waals surface area contributed by atoms with Crippen LogP contribution in [0.3, 0.4) is 0 Å². The molecule has 2 amide bonds. The minimum absolute atomic E-state index is 0.403. The van der Waals surface area contributed by atoms with Gasteiger partial charge in [0.1, 0.15) is 0 Å². The van der Waals surface area contributed by atoms with Crippen molar-refractivity contribution >= 4 is 21.6 Å². The average Bonchev–Trinajstić information content (AvgIpc) is 3.45. The second-order valence-electron chi connectivity index (χ2n) is 7.78. The molecule has 3 aliphatic rings. The molecule has 2 aliphatic carbocycles. The molecule has 7 nitrogen and oxygen atoms in total. The first-order valence-electron chi connectivity index (χ1n) is 11.6. The number of aryl methyl sites for hydroxylation is 2. The molecular weight excluding hydrogens is 386 g/mol. The summed E-state index contributed by atoms with van der Waals surface area (Å²) >= 11 is 0. The topological polar surface area (TPSA) is 97.6 Å². The molecule has 0 aromatic heterocycles. The summed E-state index contributed by atoms with van der Waals surface area (Å²) in [5, 5.41) is 13.1. The smallest absolute Gasteiger partial charge is 0.307 e. The molecule has 29 heavy (non-hydrogen) atoms. The van der Waals surface area contributed by atoms with Crippen LogP contribution in [-0.2, 0) is 35.6 Å². The number of likely N-dealkylation sites (tertiary alicyclic amines) is 1. The van der Waals surface area contributed by atoms with Gasteiger partial charge in [-0.2, -0.15) is 5.26 Å². The highest BCUT2D eigenvalue weighted by Gasteiger charge is 2.26. The Morgan fingerprint density at radius 3 is 2.69 bits per heavy atom. The number of carbonyl (C=O) groups excluding carboxylic acids is 1. The molecule has 1 heterocycles. The summed E-state index contributed by atoms with van der Waals surface area (Å²) in [5.74, 6) is 0. The zero-order valence-corrected chi connectivity index (χ0v) is 17.1. The number of benzene rings is 1. The molecule has 0 saturated carbocycles. The Morgan fingerprint density at radius 1 is 1.31 bits per heavy atom. The molecule has 154 valence electrons. The van der Waals surface area contributed by atoms with Crippen molar-refractivity contribution in [3.05, 3.63) is 39.8 Å². The van der Waals surface area contributed by atoms with Crippen LogP contribution < -0.4 is 10.0 Å². The maximum atomic E-state index is 13.2. The van der Waals surface area contributed by atoms with E-state index in [1.54, 1.807) is 0 Å². The number of amides is 2. The lowest BCUT2D eigenvalue weighted by Crippen LogP contribution is -2.34. The van der Waals surface area contributed by atoms with Gasteiger partial charge in [-0.25, -0.2) is 13.7 Å². The van der Waals surface area contributed by atoms with Crippen LogP contribution in [0.2, 0.25) is 0 Å². The number of rotatable bonds is 4. The summed E-state index contributed by atoms with van der Waals surface area (Å²) in [6.07, 6.45) is 10.1. The molecule has 1 saturated heterocycles. The van der Waals surface area contributed by atoms with Gasteiger partial charge in [-0.1, -0.05) is 16.5 Å². The van der Waals surface area contributed by atoms with Crippen LogP contribution in [0, 0.1) is 11.5 Å². The Bertz CT molecular complexity index is 1080. The fourth-order valence-electron chi connectivity index (χ4n) is 4.58. The van der Waals surface area contributed by atoms with Crippen molar-refractivity contribution in [1.82, 2.24) is 9.62 Å². The first kappa shape index (κ1) is 16.4. The van der Waals surface area contributed by atoms with Crippen molar-refractivity contribution in [2.45, 2.75) is 57.4 Å². The van der Waals surface area contributed by atoms with Gasteiger partial charge in [0.05, 0.1) is 0 Å². The van der Waals surface area contributed by atoms with Gasteiger partial charge < -0.3 is 5.32 Å². The second kappa shape index (κ2) is 8.17. The quantitative estimate of drug-likeness (QED) is 0.736. The predicted molar refractivity (Wildman–Crippen MR) is 114 cm³/mol. The van der Waals surface area contributed by atoms with Crippen LogP contribution in [0.4, 0.5) is 10.5 Å². The molecular formula is C21H27N5O2S. The minimum Gasteiger partial charge on any atom is -0.307 e. The lowest BCUT2D eigenvalue weighted by molar-refractivity contribution is 0.257. The molecule has 0 spiro atoms. The molecule has 1 aliphatic heterocycles. The highest BCUT2D eigenvalue weighted by molar-refractivity contribution is 7.95. The molecule has 0 radical (unpaired) electrons. The number of likely N-dealkylation sites (N-methyl/N-ethyl adjacent to an activating group) is 1. The Hall–Kier alpha value is -2.37. The molecule has 1 fully saturated rings. The van der Waals surface area contributed by atoms with E-state index in [1.807, 2.05) is 0 Å². The Morgan fingerprint density at radius 2 is 2.03 bits per heavy atom. The van der Waals surface area contributed by atoms with E-state index in [-0.39, 0.29) is 0 Å². The number of nitrogens with zero attached hydrogens (tertiary/aromatic N) is 3. The van der Waals surface area contributed by atoms with Gasteiger partial charge in [0.2, 0.25) is 6.19 Å². The standard InChI is InChI=1S/C21H27N5O2S/c1-26-11-4-7-17(26)10-12-29(28,23-14-22)25-21(27)24-20-18-8-2-5-15(18)13-16-6-3-9-19(16)20/h10,12-13,17H,2-9,11H2,1H3,(H2,23,24,25,27,28)/b12-10+/t17-,29?/m0/s1/i1D3. The first-order valence-corrected chi connectivity index (χ1v) is 11.6. The average molecular weight is 417 g/mol. The molecule has 4 rings (SSSR count). The van der Waals surface area contributed by atoms with Gasteiger partial charge in [-0.15, -0.1) is 0 Å². The van der Waals surface area contributed by atoms with Crippen molar-refractivity contribution in [2.24, 2.45) is 4.36 Å². The van der Waals surface area contributed by atoms with E-state index < -0.39 is 29.0 Å². The third-order valence-corrected chi connectivity index (χ3v) is 7.27. The van der Waals surface area contributed by atoms with Gasteiger partial charge in [0.15, 0.2) is 9.92 Å². The second-order valence-corrected chi connectivity index (χ2v) is 9.58. The van der Waals surface area contributed by atoms with Crippen molar-refractivity contribution < 1.29 is 13.1 Å². The lowest BCUT2D eigenvalue weighted by Gasteiger charge is -2.17. The van der Waals surface area contributed by atoms with Crippen LogP contribution in [0.15, 0.2) is 21.9 Å². The highest BCUT2D eigenvalue weighted by atomic mass is 32.2. The van der Waals surface area contributed by atoms with E-state index in [9.17, 15) is 9.00 Å². The molecule has 2 N–H and O–H groups in total. The summed E-state index contributed by atoms with van der Waals surface area (Å²) in [6, 6.07) is 1.11. The lowest BCUT2D eigenvalue weighted by atomic mass is 9.99. The van der Waals surface area contributed by atoms with Crippen LogP contribution in [-0.4, -0.2) is 34.7 Å². The number of fused-ring (bicyclic) bond motifs is 2. The highest BCUT2D eigenvalue weighted by Crippen LogP contribution is 2.38. The Labute approximate surface area is 176 Å². The zero-order valence-electron chi connectivity index (χ0n) is 19.2. The van der Waals surface area contributed by atoms with Crippen molar-refractivity contribution in [1.29, 1.82) is 5.26 Å². The summed E-state index contributed by atoms with van der Waals surface area (Å²) in [4.78, 5) is 14.2. The number of anilines is 1. The number of nitriles is 1. The molecule has 2 atom stereocenters. The zero-order chi connectivity index (χ0) is 22.9. The number of hydrogen-bond donors (Lipinski definition) is 2. The Balaban J connectivity index is 1.54. The summed E-state index contributed by atoms with van der Waals surface area (Å²) in [6.45, 7) is -1.86. The summed E-state index contributed by atoms with van der Waals surface area (Å²) < 4.78 is 41.8. The Kier molecular flexibility index (Phi) is 4.63. The fourth-order valence-corrected chi connectivity index (χ4v) is 5.58. The summed E-state index contributed by atoms with van der Waals surface area (Å²) in [7, 11) is -3.53. The molecule has 1 unspecified atom stereocenters. The van der Waals surface area contributed by atoms with E-state index in [0.717, 1.165) is 60.7 Å². The van der Waals surface area contributed by atoms with Gasteiger partial charge >= 0.3 is 6.03 Å². The molecule has 1 aromatic rings. The summed E-state index contributed by atoms with van der Waals surface area (Å²) in [5.41, 5.74) is 5.60.